The van der Waals surface area contributed by atoms with Crippen LogP contribution in [0.25, 0.3) is 43.7 Å². The third-order valence-corrected chi connectivity index (χ3v) is 5.33. The molecule has 0 atom stereocenters. The lowest BCUT2D eigenvalue weighted by Crippen LogP contribution is -2.12. The van der Waals surface area contributed by atoms with Gasteiger partial charge in [-0.3, -0.25) is 0 Å². The highest BCUT2D eigenvalue weighted by Gasteiger charge is 2.22. The van der Waals surface area contributed by atoms with Gasteiger partial charge in [-0.15, -0.1) is 0 Å². The molecule has 0 fully saturated rings. The van der Waals surface area contributed by atoms with Crippen LogP contribution in [0, 0.1) is 0 Å². The number of furan rings is 1. The summed E-state index contributed by atoms with van der Waals surface area (Å²) in [6.45, 7) is 6.84. The fourth-order valence-electron chi connectivity index (χ4n) is 4.19. The highest BCUT2D eigenvalue weighted by Crippen LogP contribution is 2.41. The number of fused-ring (bicyclic) bond motifs is 7. The first-order valence-corrected chi connectivity index (χ1v) is 8.78. The Hall–Kier alpha value is -2.74. The lowest BCUT2D eigenvalue weighted by atomic mass is 9.85. The van der Waals surface area contributed by atoms with Crippen LogP contribution in [0.3, 0.4) is 0 Å². The van der Waals surface area contributed by atoms with E-state index in [4.69, 9.17) is 4.42 Å². The second-order valence-electron chi connectivity index (χ2n) is 7.94. The average Bonchev–Trinajstić information content (AvgIpc) is 3.10. The van der Waals surface area contributed by atoms with E-state index in [0.29, 0.717) is 0 Å². The summed E-state index contributed by atoms with van der Waals surface area (Å²) >= 11 is 0. The smallest absolute Gasteiger partial charge is 0.136 e. The first-order valence-electron chi connectivity index (χ1n) is 8.78. The minimum atomic E-state index is 0.0965. The molecule has 2 nitrogen and oxygen atoms in total. The Balaban J connectivity index is 2.11. The van der Waals surface area contributed by atoms with Crippen molar-refractivity contribution in [3.05, 3.63) is 60.2 Å². The Morgan fingerprint density at radius 2 is 1.52 bits per heavy atom. The van der Waals surface area contributed by atoms with E-state index in [1.165, 1.54) is 38.1 Å². The molecule has 0 unspecified atom stereocenters. The zero-order valence-electron chi connectivity index (χ0n) is 15.1. The van der Waals surface area contributed by atoms with Crippen LogP contribution < -0.4 is 0 Å². The molecule has 0 radical (unpaired) electrons. The van der Waals surface area contributed by atoms with Crippen molar-refractivity contribution in [2.45, 2.75) is 26.2 Å². The van der Waals surface area contributed by atoms with Gasteiger partial charge in [-0.1, -0.05) is 57.2 Å². The van der Waals surface area contributed by atoms with E-state index in [9.17, 15) is 0 Å². The minimum Gasteiger partial charge on any atom is -0.456 e. The van der Waals surface area contributed by atoms with Gasteiger partial charge in [0, 0.05) is 34.1 Å². The fraction of sp³-hybridized carbons (Fsp3) is 0.217. The summed E-state index contributed by atoms with van der Waals surface area (Å²) in [5.74, 6) is 0. The number of rotatable bonds is 0. The Bertz CT molecular complexity index is 1280. The second kappa shape index (κ2) is 4.66. The summed E-state index contributed by atoms with van der Waals surface area (Å²) in [5.41, 5.74) is 5.97. The standard InChI is InChI=1S/C23H21NO/c1-23(2,3)16-10-7-9-15-20-17(24(4)22(15)16)12-13-19-21(20)14-8-5-6-11-18(14)25-19/h5-13H,1-4H3. The molecular formula is C23H21NO. The largest absolute Gasteiger partial charge is 0.456 e. The second-order valence-corrected chi connectivity index (χ2v) is 7.94. The molecule has 2 aromatic heterocycles. The van der Waals surface area contributed by atoms with Gasteiger partial charge in [0.05, 0.1) is 5.52 Å². The van der Waals surface area contributed by atoms with E-state index in [0.717, 1.165) is 11.2 Å². The Kier molecular flexibility index (Phi) is 2.72. The lowest BCUT2D eigenvalue weighted by molar-refractivity contribution is 0.593. The highest BCUT2D eigenvalue weighted by atomic mass is 16.3. The van der Waals surface area contributed by atoms with Crippen LogP contribution in [-0.4, -0.2) is 4.57 Å². The van der Waals surface area contributed by atoms with Gasteiger partial charge < -0.3 is 8.98 Å². The molecule has 124 valence electrons. The quantitative estimate of drug-likeness (QED) is 0.316. The molecule has 0 amide bonds. The molecule has 5 rings (SSSR count). The third kappa shape index (κ3) is 1.85. The molecule has 0 saturated carbocycles. The molecule has 0 aliphatic carbocycles. The predicted octanol–water partition coefficient (Wildman–Crippen LogP) is 6.53. The van der Waals surface area contributed by atoms with E-state index in [1.807, 2.05) is 12.1 Å². The zero-order chi connectivity index (χ0) is 17.3. The molecule has 0 bridgehead atoms. The van der Waals surface area contributed by atoms with Crippen molar-refractivity contribution >= 4 is 43.7 Å². The first kappa shape index (κ1) is 14.6. The van der Waals surface area contributed by atoms with Crippen molar-refractivity contribution in [2.24, 2.45) is 7.05 Å². The Morgan fingerprint density at radius 1 is 0.760 bits per heavy atom. The third-order valence-electron chi connectivity index (χ3n) is 5.33. The van der Waals surface area contributed by atoms with Crippen LogP contribution in [0.4, 0.5) is 0 Å². The molecule has 0 N–H and O–H groups in total. The molecule has 0 aliphatic heterocycles. The van der Waals surface area contributed by atoms with Crippen LogP contribution >= 0.6 is 0 Å². The molecule has 0 spiro atoms. The normalized spacial score (nSPS) is 12.8. The van der Waals surface area contributed by atoms with E-state index in [1.54, 1.807) is 0 Å². The average molecular weight is 327 g/mol. The Morgan fingerprint density at radius 3 is 2.32 bits per heavy atom. The molecule has 2 heterocycles. The van der Waals surface area contributed by atoms with Gasteiger partial charge in [0.15, 0.2) is 0 Å². The Labute approximate surface area is 146 Å². The maximum Gasteiger partial charge on any atom is 0.136 e. The van der Waals surface area contributed by atoms with Crippen LogP contribution in [0.2, 0.25) is 0 Å². The van der Waals surface area contributed by atoms with E-state index < -0.39 is 0 Å². The lowest BCUT2D eigenvalue weighted by Gasteiger charge is -2.21. The van der Waals surface area contributed by atoms with Crippen molar-refractivity contribution in [1.82, 2.24) is 4.57 Å². The number of hydrogen-bond donors (Lipinski definition) is 0. The number of aromatic nitrogens is 1. The number of aryl methyl sites for hydroxylation is 1. The van der Waals surface area contributed by atoms with E-state index in [-0.39, 0.29) is 5.41 Å². The number of para-hydroxylation sites is 2. The summed E-state index contributed by atoms with van der Waals surface area (Å²) in [7, 11) is 2.17. The number of benzene rings is 3. The van der Waals surface area contributed by atoms with Gasteiger partial charge in [0.2, 0.25) is 0 Å². The first-order chi connectivity index (χ1) is 12.0. The maximum atomic E-state index is 6.11. The maximum absolute atomic E-state index is 6.11. The van der Waals surface area contributed by atoms with Gasteiger partial charge >= 0.3 is 0 Å². The van der Waals surface area contributed by atoms with Crippen LogP contribution in [0.15, 0.2) is 59.0 Å². The molecule has 3 aromatic carbocycles. The van der Waals surface area contributed by atoms with Crippen LogP contribution in [0.5, 0.6) is 0 Å². The highest BCUT2D eigenvalue weighted by molar-refractivity contribution is 6.27. The van der Waals surface area contributed by atoms with Crippen molar-refractivity contribution in [2.75, 3.05) is 0 Å². The fourth-order valence-corrected chi connectivity index (χ4v) is 4.19. The van der Waals surface area contributed by atoms with Crippen LogP contribution in [-0.2, 0) is 12.5 Å². The van der Waals surface area contributed by atoms with Gasteiger partial charge in [-0.2, -0.15) is 0 Å². The SMILES string of the molecule is Cn1c2ccc3oc4ccccc4c3c2c2cccc(C(C)(C)C)c21. The van der Waals surface area contributed by atoms with E-state index >= 15 is 0 Å². The summed E-state index contributed by atoms with van der Waals surface area (Å²) in [6, 6.07) is 19.3. The minimum absolute atomic E-state index is 0.0965. The van der Waals surface area contributed by atoms with Crippen molar-refractivity contribution < 1.29 is 4.42 Å². The van der Waals surface area contributed by atoms with Crippen LogP contribution in [0.1, 0.15) is 26.3 Å². The van der Waals surface area contributed by atoms with E-state index in [2.05, 4.69) is 74.9 Å². The molecule has 5 aromatic rings. The summed E-state index contributed by atoms with van der Waals surface area (Å²) in [4.78, 5) is 0. The number of nitrogens with zero attached hydrogens (tertiary/aromatic N) is 1. The predicted molar refractivity (Wildman–Crippen MR) is 106 cm³/mol. The summed E-state index contributed by atoms with van der Waals surface area (Å²) in [5, 5.41) is 5.02. The monoisotopic (exact) mass is 327 g/mol. The summed E-state index contributed by atoms with van der Waals surface area (Å²) < 4.78 is 8.45. The van der Waals surface area contributed by atoms with Crippen molar-refractivity contribution in [3.8, 4) is 0 Å². The van der Waals surface area contributed by atoms with Gasteiger partial charge in [0.1, 0.15) is 11.2 Å². The van der Waals surface area contributed by atoms with Gasteiger partial charge in [0.25, 0.3) is 0 Å². The number of hydrogen-bond acceptors (Lipinski definition) is 1. The van der Waals surface area contributed by atoms with Gasteiger partial charge in [-0.25, -0.2) is 0 Å². The molecule has 2 heteroatoms. The molecule has 25 heavy (non-hydrogen) atoms. The molecule has 0 saturated heterocycles. The van der Waals surface area contributed by atoms with Crippen molar-refractivity contribution in [3.63, 3.8) is 0 Å². The van der Waals surface area contributed by atoms with Crippen molar-refractivity contribution in [1.29, 1.82) is 0 Å². The molecular weight excluding hydrogens is 306 g/mol. The topological polar surface area (TPSA) is 18.1 Å². The zero-order valence-corrected chi connectivity index (χ0v) is 15.1. The summed E-state index contributed by atoms with van der Waals surface area (Å²) in [6.07, 6.45) is 0. The van der Waals surface area contributed by atoms with Gasteiger partial charge in [-0.05, 0) is 29.2 Å². The molecule has 0 aliphatic rings.